The summed E-state index contributed by atoms with van der Waals surface area (Å²) in [6.45, 7) is 18.3. The van der Waals surface area contributed by atoms with Crippen molar-refractivity contribution in [2.24, 2.45) is 7.05 Å². The topological polar surface area (TPSA) is 91.1 Å². The highest BCUT2D eigenvalue weighted by Gasteiger charge is 2.32. The van der Waals surface area contributed by atoms with Gasteiger partial charge >= 0.3 is 12.1 Å². The van der Waals surface area contributed by atoms with Crippen molar-refractivity contribution in [2.45, 2.75) is 86.0 Å². The van der Waals surface area contributed by atoms with Crippen LogP contribution in [0.1, 0.15) is 75.4 Å². The lowest BCUT2D eigenvalue weighted by atomic mass is 9.98. The summed E-state index contributed by atoms with van der Waals surface area (Å²) in [6, 6.07) is 13.4. The summed E-state index contributed by atoms with van der Waals surface area (Å²) in [5.41, 5.74) is 2.94. The van der Waals surface area contributed by atoms with Gasteiger partial charge in [-0.2, -0.15) is 5.10 Å². The van der Waals surface area contributed by atoms with Crippen molar-refractivity contribution in [3.8, 4) is 16.9 Å². The van der Waals surface area contributed by atoms with Gasteiger partial charge in [0.05, 0.1) is 17.8 Å². The predicted octanol–water partition coefficient (Wildman–Crippen LogP) is 8.61. The first-order chi connectivity index (χ1) is 25.9. The molecule has 3 aromatic carbocycles. The standard InChI is InChI=1S/C43H53F2N5O5/c1-27-36(28(2)47(9)46-27)37-34(45)18-17-33-32(13-11-25-53-35-14-10-12-29-26-30(44)15-16-31(29)35)39(40(51)54-42(3,4)5)50(38(33)37)24-21-48-19-22-49(23-20-48)41(52)55-43(6,7)8/h10,12,14-18,26H,11,13,19-25H2,1-9H3. The fourth-order valence-corrected chi connectivity index (χ4v) is 7.41. The van der Waals surface area contributed by atoms with E-state index in [1.54, 1.807) is 21.7 Å². The van der Waals surface area contributed by atoms with Crippen LogP contribution in [0.3, 0.4) is 0 Å². The maximum Gasteiger partial charge on any atom is 0.410 e. The Hall–Kier alpha value is -4.97. The van der Waals surface area contributed by atoms with Crippen LogP contribution in [0.2, 0.25) is 0 Å². The first-order valence-electron chi connectivity index (χ1n) is 19.0. The van der Waals surface area contributed by atoms with Gasteiger partial charge in [0, 0.05) is 73.9 Å². The molecule has 294 valence electrons. The van der Waals surface area contributed by atoms with Gasteiger partial charge in [-0.1, -0.05) is 12.1 Å². The van der Waals surface area contributed by atoms with Crippen molar-refractivity contribution in [3.05, 3.63) is 82.8 Å². The monoisotopic (exact) mass is 757 g/mol. The third kappa shape index (κ3) is 8.80. The lowest BCUT2D eigenvalue weighted by molar-refractivity contribution is 0.00509. The molecule has 1 fully saturated rings. The molecule has 10 nitrogen and oxygen atoms in total. The zero-order valence-corrected chi connectivity index (χ0v) is 33.5. The fourth-order valence-electron chi connectivity index (χ4n) is 7.41. The smallest absolute Gasteiger partial charge is 0.410 e. The summed E-state index contributed by atoms with van der Waals surface area (Å²) in [5.74, 6) is -0.567. The second-order valence-corrected chi connectivity index (χ2v) is 16.4. The summed E-state index contributed by atoms with van der Waals surface area (Å²) >= 11 is 0. The lowest BCUT2D eigenvalue weighted by Crippen LogP contribution is -2.50. The Morgan fingerprint density at radius 3 is 2.18 bits per heavy atom. The number of amides is 1. The molecule has 0 radical (unpaired) electrons. The molecular weight excluding hydrogens is 704 g/mol. The van der Waals surface area contributed by atoms with Crippen molar-refractivity contribution < 1.29 is 32.6 Å². The number of halogens is 2. The van der Waals surface area contributed by atoms with Crippen molar-refractivity contribution in [1.82, 2.24) is 24.1 Å². The van der Waals surface area contributed by atoms with Gasteiger partial charge in [0.25, 0.3) is 0 Å². The number of benzene rings is 3. The number of aromatic nitrogens is 3. The minimum Gasteiger partial charge on any atom is -0.493 e. The van der Waals surface area contributed by atoms with Gasteiger partial charge in [0.1, 0.15) is 34.3 Å². The van der Waals surface area contributed by atoms with Crippen LogP contribution in [0.15, 0.2) is 48.5 Å². The molecule has 0 saturated carbocycles. The number of esters is 1. The highest BCUT2D eigenvalue weighted by Crippen LogP contribution is 2.40. The third-order valence-electron chi connectivity index (χ3n) is 9.92. The van der Waals surface area contributed by atoms with Crippen molar-refractivity contribution >= 4 is 33.7 Å². The molecule has 6 rings (SSSR count). The predicted molar refractivity (Wildman–Crippen MR) is 211 cm³/mol. The second-order valence-electron chi connectivity index (χ2n) is 16.4. The van der Waals surface area contributed by atoms with Crippen molar-refractivity contribution in [2.75, 3.05) is 39.3 Å². The van der Waals surface area contributed by atoms with E-state index in [1.807, 2.05) is 85.2 Å². The summed E-state index contributed by atoms with van der Waals surface area (Å²) in [6.07, 6.45) is 0.653. The zero-order valence-electron chi connectivity index (χ0n) is 33.5. The van der Waals surface area contributed by atoms with Crippen LogP contribution >= 0.6 is 0 Å². The highest BCUT2D eigenvalue weighted by atomic mass is 19.1. The molecule has 2 aromatic heterocycles. The molecule has 1 aliphatic rings. The summed E-state index contributed by atoms with van der Waals surface area (Å²) < 4.78 is 51.9. The number of rotatable bonds is 10. The van der Waals surface area contributed by atoms with Crippen LogP contribution in [-0.4, -0.2) is 86.7 Å². The lowest BCUT2D eigenvalue weighted by Gasteiger charge is -2.35. The molecule has 0 aliphatic carbocycles. The van der Waals surface area contributed by atoms with Crippen LogP contribution < -0.4 is 4.74 Å². The van der Waals surface area contributed by atoms with Gasteiger partial charge in [-0.15, -0.1) is 0 Å². The largest absolute Gasteiger partial charge is 0.493 e. The van der Waals surface area contributed by atoms with E-state index in [1.165, 1.54) is 18.2 Å². The minimum atomic E-state index is -0.783. The van der Waals surface area contributed by atoms with Crippen LogP contribution in [0.5, 0.6) is 5.75 Å². The Kier molecular flexibility index (Phi) is 11.3. The van der Waals surface area contributed by atoms with Crippen LogP contribution in [0, 0.1) is 25.5 Å². The molecule has 55 heavy (non-hydrogen) atoms. The van der Waals surface area contributed by atoms with Gasteiger partial charge in [-0.3, -0.25) is 9.58 Å². The van der Waals surface area contributed by atoms with Gasteiger partial charge in [-0.25, -0.2) is 18.4 Å². The highest BCUT2D eigenvalue weighted by molar-refractivity contribution is 6.05. The van der Waals surface area contributed by atoms with E-state index in [2.05, 4.69) is 10.00 Å². The van der Waals surface area contributed by atoms with Gasteiger partial charge < -0.3 is 23.7 Å². The van der Waals surface area contributed by atoms with Crippen molar-refractivity contribution in [3.63, 3.8) is 0 Å². The van der Waals surface area contributed by atoms with E-state index in [4.69, 9.17) is 14.2 Å². The Balaban J connectivity index is 1.38. The first kappa shape index (κ1) is 39.7. The number of carbonyl (C=O) groups excluding carboxylic acids is 2. The van der Waals surface area contributed by atoms with Crippen LogP contribution in [0.4, 0.5) is 13.6 Å². The molecule has 1 amide bonds. The van der Waals surface area contributed by atoms with E-state index in [-0.39, 0.29) is 11.9 Å². The third-order valence-corrected chi connectivity index (χ3v) is 9.92. The molecular formula is C43H53F2N5O5. The number of fused-ring (bicyclic) bond motifs is 2. The van der Waals surface area contributed by atoms with Crippen molar-refractivity contribution in [1.29, 1.82) is 0 Å². The van der Waals surface area contributed by atoms with Gasteiger partial charge in [-0.05, 0) is 116 Å². The average molecular weight is 758 g/mol. The summed E-state index contributed by atoms with van der Waals surface area (Å²) in [5, 5.41) is 6.93. The second kappa shape index (κ2) is 15.6. The number of aryl methyl sites for hydroxylation is 3. The van der Waals surface area contributed by atoms with Gasteiger partial charge in [0.2, 0.25) is 0 Å². The average Bonchev–Trinajstić information content (AvgIpc) is 3.55. The maximum absolute atomic E-state index is 16.4. The van der Waals surface area contributed by atoms with Crippen LogP contribution in [-0.2, 0) is 29.5 Å². The van der Waals surface area contributed by atoms with E-state index >= 15 is 4.39 Å². The molecule has 0 bridgehead atoms. The summed E-state index contributed by atoms with van der Waals surface area (Å²) in [4.78, 5) is 31.1. The quantitative estimate of drug-likeness (QED) is 0.104. The molecule has 1 saturated heterocycles. The molecule has 5 aromatic rings. The number of piperazine rings is 1. The first-order valence-corrected chi connectivity index (χ1v) is 19.0. The molecule has 0 N–H and O–H groups in total. The zero-order chi connectivity index (χ0) is 39.8. The number of hydrogen-bond donors (Lipinski definition) is 0. The van der Waals surface area contributed by atoms with Gasteiger partial charge in [0.15, 0.2) is 0 Å². The Morgan fingerprint density at radius 1 is 0.836 bits per heavy atom. The molecule has 0 atom stereocenters. The molecule has 0 spiro atoms. The Bertz CT molecular complexity index is 2220. The SMILES string of the molecule is Cc1nn(C)c(C)c1-c1c(F)ccc2c(CCCOc3cccc4cc(F)ccc34)c(C(=O)OC(C)(C)C)n(CCN3CCN(C(=O)OC(C)(C)C)CC3)c12. The number of ether oxygens (including phenoxy) is 3. The number of carbonyl (C=O) groups is 2. The fraction of sp³-hybridized carbons (Fsp3) is 0.465. The molecule has 3 heterocycles. The Labute approximate surface area is 321 Å². The maximum atomic E-state index is 16.4. The van der Waals surface area contributed by atoms with E-state index in [9.17, 15) is 14.0 Å². The molecule has 12 heteroatoms. The summed E-state index contributed by atoms with van der Waals surface area (Å²) in [7, 11) is 1.84. The van der Waals surface area contributed by atoms with E-state index in [0.29, 0.717) is 92.5 Å². The molecule has 1 aliphatic heterocycles. The normalized spacial score (nSPS) is 14.2. The van der Waals surface area contributed by atoms with Crippen LogP contribution in [0.25, 0.3) is 32.8 Å². The van der Waals surface area contributed by atoms with E-state index in [0.717, 1.165) is 27.4 Å². The minimum absolute atomic E-state index is 0.314. The number of hydrogen-bond acceptors (Lipinski definition) is 7. The Morgan fingerprint density at radius 2 is 1.53 bits per heavy atom. The number of nitrogens with zero attached hydrogens (tertiary/aromatic N) is 5. The van der Waals surface area contributed by atoms with E-state index < -0.39 is 23.0 Å². The molecule has 0 unspecified atom stereocenters.